The maximum atomic E-state index is 12.3. The van der Waals surface area contributed by atoms with Crippen LogP contribution in [-0.2, 0) is 0 Å². The van der Waals surface area contributed by atoms with Gasteiger partial charge < -0.3 is 10.4 Å². The molecule has 0 aliphatic rings. The first kappa shape index (κ1) is 17.1. The number of carbonyl (C=O) groups is 1. The zero-order valence-electron chi connectivity index (χ0n) is 14.3. The highest BCUT2D eigenvalue weighted by Crippen LogP contribution is 2.17. The predicted molar refractivity (Wildman–Crippen MR) is 96.9 cm³/mol. The number of hydrogen-bond acceptors (Lipinski definition) is 4. The summed E-state index contributed by atoms with van der Waals surface area (Å²) in [5.74, 6) is 0.562. The van der Waals surface area contributed by atoms with Crippen LogP contribution in [0.4, 0.5) is 0 Å². The van der Waals surface area contributed by atoms with Gasteiger partial charge in [-0.3, -0.25) is 4.79 Å². The van der Waals surface area contributed by atoms with E-state index < -0.39 is 0 Å². The molecule has 0 saturated heterocycles. The molecule has 25 heavy (non-hydrogen) atoms. The highest BCUT2D eigenvalue weighted by atomic mass is 16.2. The van der Waals surface area contributed by atoms with Crippen LogP contribution in [-0.4, -0.2) is 38.9 Å². The van der Waals surface area contributed by atoms with Crippen molar-refractivity contribution in [1.82, 2.24) is 20.1 Å². The molecule has 3 aromatic rings. The molecule has 2 aromatic heterocycles. The van der Waals surface area contributed by atoms with Crippen LogP contribution in [0.2, 0.25) is 0 Å². The van der Waals surface area contributed by atoms with Crippen molar-refractivity contribution in [1.29, 1.82) is 0 Å². The van der Waals surface area contributed by atoms with E-state index >= 15 is 0 Å². The fourth-order valence-corrected chi connectivity index (χ4v) is 2.75. The number of aliphatic hydroxyl groups is 1. The first-order chi connectivity index (χ1) is 12.2. The number of carbonyl (C=O) groups excluding carboxylic acids is 1. The SMILES string of the molecule is Cc1c(C(=O)NCCCCCO)cnn1-c1ccc2ccccc2n1. The van der Waals surface area contributed by atoms with Crippen LogP contribution in [0.3, 0.4) is 0 Å². The largest absolute Gasteiger partial charge is 0.396 e. The van der Waals surface area contributed by atoms with Gasteiger partial charge in [0, 0.05) is 18.5 Å². The van der Waals surface area contributed by atoms with Gasteiger partial charge in [-0.1, -0.05) is 18.2 Å². The molecule has 0 unspecified atom stereocenters. The number of rotatable bonds is 7. The van der Waals surface area contributed by atoms with Gasteiger partial charge in [0.15, 0.2) is 5.82 Å². The molecule has 3 rings (SSSR count). The standard InChI is InChI=1S/C19H22N4O2/c1-14-16(19(25)20-11-5-2-6-12-24)13-21-23(14)18-10-9-15-7-3-4-8-17(15)22-18/h3-4,7-10,13,24H,2,5-6,11-12H2,1H3,(H,20,25). The quantitative estimate of drug-likeness (QED) is 0.649. The molecule has 0 aliphatic heterocycles. The molecular formula is C19H22N4O2. The molecule has 0 radical (unpaired) electrons. The van der Waals surface area contributed by atoms with Gasteiger partial charge in [0.25, 0.3) is 5.91 Å². The summed E-state index contributed by atoms with van der Waals surface area (Å²) in [5, 5.41) is 17.1. The summed E-state index contributed by atoms with van der Waals surface area (Å²) in [6.45, 7) is 2.65. The lowest BCUT2D eigenvalue weighted by molar-refractivity contribution is 0.0952. The molecule has 0 saturated carbocycles. The van der Waals surface area contributed by atoms with Crippen molar-refractivity contribution in [2.45, 2.75) is 26.2 Å². The van der Waals surface area contributed by atoms with Crippen LogP contribution < -0.4 is 5.32 Å². The molecule has 2 N–H and O–H groups in total. The minimum atomic E-state index is -0.131. The average Bonchev–Trinajstić information content (AvgIpc) is 3.02. The molecule has 6 nitrogen and oxygen atoms in total. The van der Waals surface area contributed by atoms with Gasteiger partial charge in [0.2, 0.25) is 0 Å². The van der Waals surface area contributed by atoms with Crippen LogP contribution in [0.1, 0.15) is 35.3 Å². The van der Waals surface area contributed by atoms with E-state index in [4.69, 9.17) is 5.11 Å². The van der Waals surface area contributed by atoms with Crippen molar-refractivity contribution in [3.63, 3.8) is 0 Å². The number of fused-ring (bicyclic) bond motifs is 1. The molecule has 0 aliphatic carbocycles. The average molecular weight is 338 g/mol. The summed E-state index contributed by atoms with van der Waals surface area (Å²) in [6.07, 6.45) is 4.09. The number of unbranched alkanes of at least 4 members (excludes halogenated alkanes) is 2. The van der Waals surface area contributed by atoms with Gasteiger partial charge in [-0.25, -0.2) is 9.67 Å². The van der Waals surface area contributed by atoms with E-state index in [2.05, 4.69) is 15.4 Å². The van der Waals surface area contributed by atoms with Crippen LogP contribution in [0.5, 0.6) is 0 Å². The Kier molecular flexibility index (Phi) is 5.40. The Morgan fingerprint density at radius 2 is 2.00 bits per heavy atom. The first-order valence-electron chi connectivity index (χ1n) is 8.50. The molecule has 0 atom stereocenters. The van der Waals surface area contributed by atoms with E-state index in [0.717, 1.165) is 35.9 Å². The molecule has 0 fully saturated rings. The second-order valence-corrected chi connectivity index (χ2v) is 5.96. The topological polar surface area (TPSA) is 80.0 Å². The van der Waals surface area contributed by atoms with Gasteiger partial charge in [0.05, 0.1) is 23.0 Å². The molecule has 1 amide bonds. The van der Waals surface area contributed by atoms with Gasteiger partial charge in [0.1, 0.15) is 0 Å². The highest BCUT2D eigenvalue weighted by Gasteiger charge is 2.15. The van der Waals surface area contributed by atoms with Crippen LogP contribution >= 0.6 is 0 Å². The van der Waals surface area contributed by atoms with Crippen molar-refractivity contribution in [2.75, 3.05) is 13.2 Å². The third-order valence-electron chi connectivity index (χ3n) is 4.18. The number of aliphatic hydroxyl groups excluding tert-OH is 1. The summed E-state index contributed by atoms with van der Waals surface area (Å²) in [6, 6.07) is 11.8. The number of para-hydroxylation sites is 1. The Labute approximate surface area is 146 Å². The molecule has 1 aromatic carbocycles. The molecule has 0 bridgehead atoms. The fraction of sp³-hybridized carbons (Fsp3) is 0.316. The summed E-state index contributed by atoms with van der Waals surface area (Å²) in [5.41, 5.74) is 2.21. The lowest BCUT2D eigenvalue weighted by Gasteiger charge is -2.07. The number of pyridine rings is 1. The number of nitrogens with zero attached hydrogens (tertiary/aromatic N) is 3. The van der Waals surface area contributed by atoms with Crippen molar-refractivity contribution in [2.24, 2.45) is 0 Å². The lowest BCUT2D eigenvalue weighted by Crippen LogP contribution is -2.25. The number of benzene rings is 1. The minimum Gasteiger partial charge on any atom is -0.396 e. The van der Waals surface area contributed by atoms with Crippen molar-refractivity contribution < 1.29 is 9.90 Å². The Morgan fingerprint density at radius 3 is 2.84 bits per heavy atom. The Hall–Kier alpha value is -2.73. The molecular weight excluding hydrogens is 316 g/mol. The monoisotopic (exact) mass is 338 g/mol. The maximum Gasteiger partial charge on any atom is 0.254 e. The van der Waals surface area contributed by atoms with Crippen molar-refractivity contribution in [3.8, 4) is 5.82 Å². The van der Waals surface area contributed by atoms with Crippen LogP contribution in [0, 0.1) is 6.92 Å². The minimum absolute atomic E-state index is 0.131. The second-order valence-electron chi connectivity index (χ2n) is 5.96. The maximum absolute atomic E-state index is 12.3. The second kappa shape index (κ2) is 7.90. The van der Waals surface area contributed by atoms with Crippen LogP contribution in [0.15, 0.2) is 42.6 Å². The van der Waals surface area contributed by atoms with E-state index in [-0.39, 0.29) is 12.5 Å². The zero-order chi connectivity index (χ0) is 17.6. The van der Waals surface area contributed by atoms with E-state index in [1.165, 1.54) is 0 Å². The van der Waals surface area contributed by atoms with Crippen molar-refractivity contribution >= 4 is 16.8 Å². The molecule has 0 spiro atoms. The van der Waals surface area contributed by atoms with E-state index in [1.54, 1.807) is 10.9 Å². The lowest BCUT2D eigenvalue weighted by atomic mass is 10.2. The summed E-state index contributed by atoms with van der Waals surface area (Å²) < 4.78 is 1.69. The predicted octanol–water partition coefficient (Wildman–Crippen LogP) is 2.62. The zero-order valence-corrected chi connectivity index (χ0v) is 14.3. The highest BCUT2D eigenvalue weighted by molar-refractivity contribution is 5.95. The molecule has 2 heterocycles. The van der Waals surface area contributed by atoms with Gasteiger partial charge in [-0.2, -0.15) is 5.10 Å². The van der Waals surface area contributed by atoms with Crippen LogP contribution in [0.25, 0.3) is 16.7 Å². The van der Waals surface area contributed by atoms with Gasteiger partial charge in [-0.15, -0.1) is 0 Å². The van der Waals surface area contributed by atoms with Gasteiger partial charge in [-0.05, 0) is 44.4 Å². The van der Waals surface area contributed by atoms with Gasteiger partial charge >= 0.3 is 0 Å². The summed E-state index contributed by atoms with van der Waals surface area (Å²) in [4.78, 5) is 16.9. The van der Waals surface area contributed by atoms with E-state index in [9.17, 15) is 4.79 Å². The third-order valence-corrected chi connectivity index (χ3v) is 4.18. The molecule has 6 heteroatoms. The number of hydrogen-bond donors (Lipinski definition) is 2. The Morgan fingerprint density at radius 1 is 1.16 bits per heavy atom. The van der Waals surface area contributed by atoms with E-state index in [1.807, 2.05) is 43.3 Å². The number of aromatic nitrogens is 3. The normalized spacial score (nSPS) is 11.0. The van der Waals surface area contributed by atoms with E-state index in [0.29, 0.717) is 17.9 Å². The number of amides is 1. The van der Waals surface area contributed by atoms with Crippen molar-refractivity contribution in [3.05, 3.63) is 53.9 Å². The Bertz CT molecular complexity index is 873. The number of nitrogens with one attached hydrogen (secondary N) is 1. The molecule has 130 valence electrons. The summed E-state index contributed by atoms with van der Waals surface area (Å²) >= 11 is 0. The Balaban J connectivity index is 1.74. The fourth-order valence-electron chi connectivity index (χ4n) is 2.75. The smallest absolute Gasteiger partial charge is 0.254 e. The summed E-state index contributed by atoms with van der Waals surface area (Å²) in [7, 11) is 0. The first-order valence-corrected chi connectivity index (χ1v) is 8.50. The third kappa shape index (κ3) is 3.85.